The molecule has 0 fully saturated rings. The van der Waals surface area contributed by atoms with Gasteiger partial charge >= 0.3 is 0 Å². The average Bonchev–Trinajstić information content (AvgIpc) is 2.44. The van der Waals surface area contributed by atoms with Gasteiger partial charge in [-0.1, -0.05) is 6.92 Å². The Morgan fingerprint density at radius 1 is 1.40 bits per heavy atom. The van der Waals surface area contributed by atoms with Gasteiger partial charge in [-0.2, -0.15) is 0 Å². The van der Waals surface area contributed by atoms with E-state index in [9.17, 15) is 5.11 Å². The molecule has 1 rings (SSSR count). The van der Waals surface area contributed by atoms with Crippen LogP contribution in [0.2, 0.25) is 0 Å². The summed E-state index contributed by atoms with van der Waals surface area (Å²) in [5.41, 5.74) is 0. The first-order valence-corrected chi connectivity index (χ1v) is 6.65. The molecule has 1 atom stereocenters. The van der Waals surface area contributed by atoms with Gasteiger partial charge in [-0.3, -0.25) is 0 Å². The summed E-state index contributed by atoms with van der Waals surface area (Å²) >= 11 is 0. The fourth-order valence-corrected chi connectivity index (χ4v) is 1.84. The summed E-state index contributed by atoms with van der Waals surface area (Å²) in [6.07, 6.45) is 1.89. The van der Waals surface area contributed by atoms with Crippen molar-refractivity contribution in [3.8, 4) is 5.75 Å². The number of aliphatic hydroxyl groups is 1. The molecule has 20 heavy (non-hydrogen) atoms. The molecule has 2 N–H and O–H groups in total. The van der Waals surface area contributed by atoms with E-state index in [1.165, 1.54) is 6.33 Å². The van der Waals surface area contributed by atoms with Crippen LogP contribution in [-0.2, 0) is 4.74 Å². The lowest BCUT2D eigenvalue weighted by Crippen LogP contribution is -2.32. The Balaban J connectivity index is 2.87. The van der Waals surface area contributed by atoms with Gasteiger partial charge in [-0.05, 0) is 6.42 Å². The fraction of sp³-hybridized carbons (Fsp3) is 0.692. The fourth-order valence-electron chi connectivity index (χ4n) is 1.84. The number of hydrogen-bond donors (Lipinski definition) is 2. The van der Waals surface area contributed by atoms with Crippen molar-refractivity contribution in [3.63, 3.8) is 0 Å². The van der Waals surface area contributed by atoms with Crippen molar-refractivity contribution in [2.45, 2.75) is 19.4 Å². The zero-order valence-electron chi connectivity index (χ0n) is 12.6. The van der Waals surface area contributed by atoms with Crippen LogP contribution in [-0.4, -0.2) is 62.1 Å². The number of nitrogens with one attached hydrogen (secondary N) is 1. The lowest BCUT2D eigenvalue weighted by atomic mass is 10.3. The second kappa shape index (κ2) is 8.55. The minimum absolute atomic E-state index is 0.276. The third kappa shape index (κ3) is 4.50. The van der Waals surface area contributed by atoms with Crippen molar-refractivity contribution in [1.29, 1.82) is 0 Å². The maximum Gasteiger partial charge on any atom is 0.204 e. The Bertz CT molecular complexity index is 403. The van der Waals surface area contributed by atoms with Gasteiger partial charge in [0, 0.05) is 27.2 Å². The molecule has 1 unspecified atom stereocenters. The van der Waals surface area contributed by atoms with Crippen LogP contribution < -0.4 is 15.0 Å². The molecule has 1 heterocycles. The maximum atomic E-state index is 9.79. The maximum absolute atomic E-state index is 9.79. The van der Waals surface area contributed by atoms with E-state index >= 15 is 0 Å². The van der Waals surface area contributed by atoms with Crippen molar-refractivity contribution in [1.82, 2.24) is 9.97 Å². The summed E-state index contributed by atoms with van der Waals surface area (Å²) in [4.78, 5) is 10.2. The molecule has 0 aliphatic rings. The molecule has 1 aromatic heterocycles. The second-order valence-corrected chi connectivity index (χ2v) is 4.50. The van der Waals surface area contributed by atoms with E-state index in [-0.39, 0.29) is 6.61 Å². The van der Waals surface area contributed by atoms with E-state index in [4.69, 9.17) is 9.47 Å². The Morgan fingerprint density at radius 3 is 2.75 bits per heavy atom. The molecule has 7 heteroatoms. The number of rotatable bonds is 9. The van der Waals surface area contributed by atoms with Crippen LogP contribution >= 0.6 is 0 Å². The van der Waals surface area contributed by atoms with Gasteiger partial charge in [0.05, 0.1) is 19.8 Å². The molecule has 0 aliphatic carbocycles. The first-order valence-electron chi connectivity index (χ1n) is 6.65. The zero-order valence-corrected chi connectivity index (χ0v) is 12.6. The highest BCUT2D eigenvalue weighted by atomic mass is 16.5. The van der Waals surface area contributed by atoms with Crippen LogP contribution in [0.3, 0.4) is 0 Å². The summed E-state index contributed by atoms with van der Waals surface area (Å²) in [5.74, 6) is 1.87. The number of aliphatic hydroxyl groups excluding tert-OH is 1. The number of nitrogens with zero attached hydrogens (tertiary/aromatic N) is 3. The highest BCUT2D eigenvalue weighted by Crippen LogP contribution is 2.31. The molecule has 7 nitrogen and oxygen atoms in total. The van der Waals surface area contributed by atoms with Gasteiger partial charge in [0.1, 0.15) is 6.33 Å². The van der Waals surface area contributed by atoms with Crippen molar-refractivity contribution in [2.24, 2.45) is 0 Å². The van der Waals surface area contributed by atoms with E-state index in [1.807, 2.05) is 11.9 Å². The van der Waals surface area contributed by atoms with Gasteiger partial charge in [-0.25, -0.2) is 9.97 Å². The van der Waals surface area contributed by atoms with Crippen molar-refractivity contribution >= 4 is 11.6 Å². The summed E-state index contributed by atoms with van der Waals surface area (Å²) < 4.78 is 10.3. The first-order chi connectivity index (χ1) is 9.63. The minimum atomic E-state index is -0.586. The predicted octanol–water partition coefficient (Wildman–Crippen LogP) is 0.751. The normalized spacial score (nSPS) is 12.1. The van der Waals surface area contributed by atoms with Crippen LogP contribution in [0.25, 0.3) is 0 Å². The van der Waals surface area contributed by atoms with Gasteiger partial charge in [0.15, 0.2) is 11.6 Å². The molecule has 114 valence electrons. The third-order valence-electron chi connectivity index (χ3n) is 2.74. The molecule has 0 radical (unpaired) electrons. The van der Waals surface area contributed by atoms with Crippen LogP contribution in [0, 0.1) is 0 Å². The molecule has 0 aliphatic heterocycles. The molecule has 0 saturated heterocycles. The number of likely N-dealkylation sites (N-methyl/N-ethyl adjacent to an activating group) is 1. The van der Waals surface area contributed by atoms with Gasteiger partial charge in [0.2, 0.25) is 5.75 Å². The number of aromatic nitrogens is 2. The molecule has 0 bridgehead atoms. The van der Waals surface area contributed by atoms with Crippen molar-refractivity contribution in [2.75, 3.05) is 51.2 Å². The zero-order chi connectivity index (χ0) is 15.0. The van der Waals surface area contributed by atoms with Crippen molar-refractivity contribution in [3.05, 3.63) is 6.33 Å². The standard InChI is InChI=1S/C13H24N4O3/c1-5-6-14-12-11(20-4)13(16-9-15-12)17(2)7-10(18)8-19-3/h9-10,18H,5-8H2,1-4H3,(H,14,15,16). The van der Waals surface area contributed by atoms with Crippen molar-refractivity contribution < 1.29 is 14.6 Å². The van der Waals surface area contributed by atoms with Crippen LogP contribution in [0.4, 0.5) is 11.6 Å². The quantitative estimate of drug-likeness (QED) is 0.692. The van der Waals surface area contributed by atoms with E-state index in [2.05, 4.69) is 22.2 Å². The molecular weight excluding hydrogens is 260 g/mol. The number of hydrogen-bond acceptors (Lipinski definition) is 7. The van der Waals surface area contributed by atoms with Gasteiger partial charge < -0.3 is 24.8 Å². The molecule has 0 aromatic carbocycles. The SMILES string of the molecule is CCCNc1ncnc(N(C)CC(O)COC)c1OC. The molecular formula is C13H24N4O3. The topological polar surface area (TPSA) is 79.7 Å². The summed E-state index contributed by atoms with van der Waals surface area (Å²) in [7, 11) is 4.98. The summed E-state index contributed by atoms with van der Waals surface area (Å²) in [5, 5.41) is 13.0. The molecule has 1 aromatic rings. The summed E-state index contributed by atoms with van der Waals surface area (Å²) in [6, 6.07) is 0. The number of methoxy groups -OCH3 is 2. The first kappa shape index (κ1) is 16.5. The van der Waals surface area contributed by atoms with E-state index < -0.39 is 6.10 Å². The largest absolute Gasteiger partial charge is 0.490 e. The second-order valence-electron chi connectivity index (χ2n) is 4.50. The Hall–Kier alpha value is -1.60. The lowest BCUT2D eigenvalue weighted by Gasteiger charge is -2.23. The smallest absolute Gasteiger partial charge is 0.204 e. The number of ether oxygens (including phenoxy) is 2. The van der Waals surface area contributed by atoms with Crippen LogP contribution in [0.5, 0.6) is 5.75 Å². The Kier molecular flexibility index (Phi) is 7.03. The number of anilines is 2. The highest BCUT2D eigenvalue weighted by Gasteiger charge is 2.17. The van der Waals surface area contributed by atoms with Gasteiger partial charge in [0.25, 0.3) is 0 Å². The molecule has 0 saturated carbocycles. The van der Waals surface area contributed by atoms with Gasteiger partial charge in [-0.15, -0.1) is 0 Å². The molecule has 0 amide bonds. The lowest BCUT2D eigenvalue weighted by molar-refractivity contribution is 0.0693. The van der Waals surface area contributed by atoms with E-state index in [1.54, 1.807) is 14.2 Å². The predicted molar refractivity (Wildman–Crippen MR) is 78.5 cm³/mol. The monoisotopic (exact) mass is 284 g/mol. The van der Waals surface area contributed by atoms with E-state index in [0.29, 0.717) is 23.9 Å². The minimum Gasteiger partial charge on any atom is -0.490 e. The Morgan fingerprint density at radius 2 is 2.15 bits per heavy atom. The molecule has 0 spiro atoms. The van der Waals surface area contributed by atoms with E-state index in [0.717, 1.165) is 13.0 Å². The highest BCUT2D eigenvalue weighted by molar-refractivity contribution is 5.64. The van der Waals surface area contributed by atoms with Crippen LogP contribution in [0.15, 0.2) is 6.33 Å². The third-order valence-corrected chi connectivity index (χ3v) is 2.74. The average molecular weight is 284 g/mol. The Labute approximate surface area is 119 Å². The van der Waals surface area contributed by atoms with Crippen LogP contribution in [0.1, 0.15) is 13.3 Å². The summed E-state index contributed by atoms with van der Waals surface area (Å²) in [6.45, 7) is 3.56.